The summed E-state index contributed by atoms with van der Waals surface area (Å²) in [6.07, 6.45) is 4.21. The zero-order valence-electron chi connectivity index (χ0n) is 9.10. The number of anilines is 1. The third-order valence-corrected chi connectivity index (χ3v) is 2.26. The first-order valence-electron chi connectivity index (χ1n) is 5.08. The number of aryl methyl sites for hydroxylation is 1. The average molecular weight is 211 g/mol. The molecule has 1 aromatic rings. The van der Waals surface area contributed by atoms with Crippen LogP contribution in [0.1, 0.15) is 19.8 Å². The van der Waals surface area contributed by atoms with E-state index in [0.717, 1.165) is 6.42 Å². The van der Waals surface area contributed by atoms with Crippen molar-refractivity contribution in [2.45, 2.75) is 25.9 Å². The second-order valence-electron chi connectivity index (χ2n) is 3.47. The Labute approximate surface area is 88.8 Å². The first kappa shape index (κ1) is 11.7. The Bertz CT molecular complexity index is 362. The van der Waals surface area contributed by atoms with Crippen molar-refractivity contribution in [2.75, 3.05) is 11.9 Å². The number of aliphatic hydroxyl groups is 1. The molecule has 1 rings (SSSR count). The van der Waals surface area contributed by atoms with Gasteiger partial charge in [-0.1, -0.05) is 6.92 Å². The second kappa shape index (κ2) is 5.50. The summed E-state index contributed by atoms with van der Waals surface area (Å²) in [6, 6.07) is 0. The molecule has 5 heteroatoms. The lowest BCUT2D eigenvalue weighted by Gasteiger charge is -2.09. The highest BCUT2D eigenvalue weighted by atomic mass is 16.3. The lowest BCUT2D eigenvalue weighted by atomic mass is 10.2. The van der Waals surface area contributed by atoms with Crippen molar-refractivity contribution in [1.82, 2.24) is 9.55 Å². The molecule has 1 atom stereocenters. The summed E-state index contributed by atoms with van der Waals surface area (Å²) in [5.41, 5.74) is -0.150. The van der Waals surface area contributed by atoms with Gasteiger partial charge in [-0.2, -0.15) is 0 Å². The minimum atomic E-state index is -0.315. The van der Waals surface area contributed by atoms with Gasteiger partial charge in [0, 0.05) is 26.0 Å². The largest absolute Gasteiger partial charge is 0.393 e. The third-order valence-electron chi connectivity index (χ3n) is 2.26. The molecule has 0 aliphatic heterocycles. The number of nitrogens with zero attached hydrogens (tertiary/aromatic N) is 2. The van der Waals surface area contributed by atoms with E-state index >= 15 is 0 Å². The van der Waals surface area contributed by atoms with Crippen LogP contribution in [0.4, 0.5) is 5.82 Å². The number of nitrogens with one attached hydrogen (secondary N) is 1. The molecule has 1 heterocycles. The van der Waals surface area contributed by atoms with Crippen LogP contribution in [0, 0.1) is 0 Å². The van der Waals surface area contributed by atoms with Crippen molar-refractivity contribution in [3.63, 3.8) is 0 Å². The molecule has 0 aliphatic carbocycles. The standard InChI is InChI=1S/C10H17N3O2/c1-3-8(14)4-5-11-9-10(15)13(2)7-6-12-9/h6-8,14H,3-5H2,1-2H3,(H,11,12). The number of hydrogen-bond donors (Lipinski definition) is 2. The summed E-state index contributed by atoms with van der Waals surface area (Å²) in [5, 5.41) is 12.2. The maximum absolute atomic E-state index is 11.5. The van der Waals surface area contributed by atoms with Gasteiger partial charge in [-0.3, -0.25) is 4.79 Å². The third kappa shape index (κ3) is 3.36. The van der Waals surface area contributed by atoms with Crippen molar-refractivity contribution < 1.29 is 5.11 Å². The normalized spacial score (nSPS) is 12.5. The van der Waals surface area contributed by atoms with Gasteiger partial charge in [-0.25, -0.2) is 4.98 Å². The van der Waals surface area contributed by atoms with Crippen LogP contribution in [-0.2, 0) is 7.05 Å². The van der Waals surface area contributed by atoms with Crippen LogP contribution in [0.2, 0.25) is 0 Å². The summed E-state index contributed by atoms with van der Waals surface area (Å²) in [5.74, 6) is 0.336. The number of aromatic nitrogens is 2. The molecule has 0 aliphatic rings. The van der Waals surface area contributed by atoms with Crippen LogP contribution in [0.3, 0.4) is 0 Å². The Morgan fingerprint density at radius 2 is 2.40 bits per heavy atom. The van der Waals surface area contributed by atoms with Gasteiger partial charge in [0.25, 0.3) is 5.56 Å². The number of rotatable bonds is 5. The first-order chi connectivity index (χ1) is 7.15. The quantitative estimate of drug-likeness (QED) is 0.737. The minimum Gasteiger partial charge on any atom is -0.393 e. The van der Waals surface area contributed by atoms with Crippen molar-refractivity contribution in [1.29, 1.82) is 0 Å². The molecule has 0 saturated carbocycles. The van der Waals surface area contributed by atoms with Gasteiger partial charge in [0.1, 0.15) is 0 Å². The molecule has 15 heavy (non-hydrogen) atoms. The monoisotopic (exact) mass is 211 g/mol. The fourth-order valence-corrected chi connectivity index (χ4v) is 1.18. The summed E-state index contributed by atoms with van der Waals surface area (Å²) in [4.78, 5) is 15.4. The fraction of sp³-hybridized carbons (Fsp3) is 0.600. The van der Waals surface area contributed by atoms with E-state index in [4.69, 9.17) is 0 Å². The lowest BCUT2D eigenvalue weighted by Crippen LogP contribution is -2.23. The van der Waals surface area contributed by atoms with E-state index in [9.17, 15) is 9.90 Å². The molecule has 0 aromatic carbocycles. The Morgan fingerprint density at radius 3 is 3.07 bits per heavy atom. The lowest BCUT2D eigenvalue weighted by molar-refractivity contribution is 0.164. The number of aliphatic hydroxyl groups excluding tert-OH is 1. The summed E-state index contributed by atoms with van der Waals surface area (Å²) >= 11 is 0. The molecule has 0 saturated heterocycles. The van der Waals surface area contributed by atoms with E-state index in [-0.39, 0.29) is 11.7 Å². The van der Waals surface area contributed by atoms with Crippen LogP contribution < -0.4 is 10.9 Å². The van der Waals surface area contributed by atoms with Crippen LogP contribution in [0.5, 0.6) is 0 Å². The highest BCUT2D eigenvalue weighted by Crippen LogP contribution is 1.98. The van der Waals surface area contributed by atoms with Gasteiger partial charge in [0.2, 0.25) is 0 Å². The van der Waals surface area contributed by atoms with Gasteiger partial charge >= 0.3 is 0 Å². The van der Waals surface area contributed by atoms with Crippen LogP contribution in [0.15, 0.2) is 17.2 Å². The molecular weight excluding hydrogens is 194 g/mol. The first-order valence-corrected chi connectivity index (χ1v) is 5.08. The SMILES string of the molecule is CCC(O)CCNc1nccn(C)c1=O. The van der Waals surface area contributed by atoms with E-state index in [1.165, 1.54) is 4.57 Å². The molecule has 1 aromatic heterocycles. The summed E-state index contributed by atoms with van der Waals surface area (Å²) in [7, 11) is 1.68. The smallest absolute Gasteiger partial charge is 0.293 e. The summed E-state index contributed by atoms with van der Waals surface area (Å²) < 4.78 is 1.46. The number of hydrogen-bond acceptors (Lipinski definition) is 4. The van der Waals surface area contributed by atoms with Gasteiger partial charge < -0.3 is 15.0 Å². The zero-order valence-corrected chi connectivity index (χ0v) is 9.10. The van der Waals surface area contributed by atoms with Crippen molar-refractivity contribution in [2.24, 2.45) is 7.05 Å². The molecule has 2 N–H and O–H groups in total. The van der Waals surface area contributed by atoms with Crippen molar-refractivity contribution in [3.8, 4) is 0 Å². The van der Waals surface area contributed by atoms with E-state index < -0.39 is 0 Å². The van der Waals surface area contributed by atoms with Crippen molar-refractivity contribution >= 4 is 5.82 Å². The van der Waals surface area contributed by atoms with E-state index in [2.05, 4.69) is 10.3 Å². The van der Waals surface area contributed by atoms with Crippen molar-refractivity contribution in [3.05, 3.63) is 22.7 Å². The Morgan fingerprint density at radius 1 is 1.67 bits per heavy atom. The van der Waals surface area contributed by atoms with Gasteiger partial charge in [0.15, 0.2) is 5.82 Å². The molecule has 84 valence electrons. The Kier molecular flexibility index (Phi) is 4.30. The van der Waals surface area contributed by atoms with E-state index in [0.29, 0.717) is 18.8 Å². The summed E-state index contributed by atoms with van der Waals surface area (Å²) in [6.45, 7) is 2.48. The van der Waals surface area contributed by atoms with Gasteiger partial charge in [-0.05, 0) is 12.8 Å². The molecule has 0 bridgehead atoms. The zero-order chi connectivity index (χ0) is 11.3. The van der Waals surface area contributed by atoms with Gasteiger partial charge in [-0.15, -0.1) is 0 Å². The fourth-order valence-electron chi connectivity index (χ4n) is 1.18. The average Bonchev–Trinajstić information content (AvgIpc) is 2.24. The second-order valence-corrected chi connectivity index (χ2v) is 3.47. The molecule has 1 unspecified atom stereocenters. The highest BCUT2D eigenvalue weighted by Gasteiger charge is 2.03. The van der Waals surface area contributed by atoms with Crippen LogP contribution >= 0.6 is 0 Å². The van der Waals surface area contributed by atoms with E-state index in [1.54, 1.807) is 19.4 Å². The van der Waals surface area contributed by atoms with Crippen LogP contribution in [0.25, 0.3) is 0 Å². The molecular formula is C10H17N3O2. The molecule has 0 spiro atoms. The molecule has 0 amide bonds. The van der Waals surface area contributed by atoms with Crippen LogP contribution in [-0.4, -0.2) is 27.3 Å². The predicted molar refractivity (Wildman–Crippen MR) is 58.9 cm³/mol. The highest BCUT2D eigenvalue weighted by molar-refractivity contribution is 5.30. The van der Waals surface area contributed by atoms with E-state index in [1.807, 2.05) is 6.92 Å². The molecule has 0 fully saturated rings. The molecule has 0 radical (unpaired) electrons. The topological polar surface area (TPSA) is 67.2 Å². The maximum atomic E-state index is 11.5. The Hall–Kier alpha value is -1.36. The predicted octanol–water partition coefficient (Wildman–Crippen LogP) is 0.353. The van der Waals surface area contributed by atoms with Gasteiger partial charge in [0.05, 0.1) is 6.10 Å². The Balaban J connectivity index is 2.51. The maximum Gasteiger partial charge on any atom is 0.293 e. The minimum absolute atomic E-state index is 0.150. The molecule has 5 nitrogen and oxygen atoms in total.